The van der Waals surface area contributed by atoms with Gasteiger partial charge < -0.3 is 0 Å². The zero-order valence-corrected chi connectivity index (χ0v) is 9.57. The average Bonchev–Trinajstić information content (AvgIpc) is 2.28. The molecule has 17 heavy (non-hydrogen) atoms. The minimum atomic E-state index is -0.516. The molecule has 0 radical (unpaired) electrons. The summed E-state index contributed by atoms with van der Waals surface area (Å²) in [4.78, 5) is 19.7. The average molecular weight is 230 g/mol. The fraction of sp³-hybridized carbons (Fsp3) is 0.154. The zero-order chi connectivity index (χ0) is 12.4. The van der Waals surface area contributed by atoms with Gasteiger partial charge in [-0.1, -0.05) is 6.07 Å². The van der Waals surface area contributed by atoms with Crippen LogP contribution in [0.3, 0.4) is 0 Å². The first-order chi connectivity index (χ1) is 8.09. The van der Waals surface area contributed by atoms with Gasteiger partial charge in [0.2, 0.25) is 5.78 Å². The van der Waals surface area contributed by atoms with Crippen molar-refractivity contribution >= 4 is 5.78 Å². The minimum Gasteiger partial charge on any atom is -0.287 e. The smallest absolute Gasteiger partial charge is 0.216 e. The number of carbonyl (C=O) groups excluding carboxylic acids is 1. The number of halogens is 1. The molecule has 1 aromatic heterocycles. The van der Waals surface area contributed by atoms with Crippen LogP contribution in [0, 0.1) is 19.7 Å². The van der Waals surface area contributed by atoms with Gasteiger partial charge in [0.25, 0.3) is 0 Å². The molecule has 0 aliphatic rings. The van der Waals surface area contributed by atoms with E-state index in [1.807, 2.05) is 0 Å². The molecule has 0 fully saturated rings. The van der Waals surface area contributed by atoms with Gasteiger partial charge in [0, 0.05) is 12.4 Å². The third-order valence-corrected chi connectivity index (χ3v) is 2.45. The lowest BCUT2D eigenvalue weighted by molar-refractivity contribution is 0.102. The Morgan fingerprint density at radius 3 is 2.59 bits per heavy atom. The Hall–Kier alpha value is -2.10. The van der Waals surface area contributed by atoms with E-state index in [1.54, 1.807) is 19.9 Å². The third kappa shape index (κ3) is 2.20. The highest BCUT2D eigenvalue weighted by atomic mass is 19.1. The molecule has 0 aliphatic heterocycles. The standard InChI is InChI=1S/C13H11FN2O/c1-8-5-9(2)12(10(14)6-8)13(17)11-7-15-3-4-16-11/h3-7H,1-2H3. The fourth-order valence-corrected chi connectivity index (χ4v) is 1.75. The van der Waals surface area contributed by atoms with Crippen LogP contribution in [0.5, 0.6) is 0 Å². The van der Waals surface area contributed by atoms with Crippen molar-refractivity contribution in [2.24, 2.45) is 0 Å². The molecule has 0 aliphatic carbocycles. The topological polar surface area (TPSA) is 42.9 Å². The maximum Gasteiger partial charge on any atom is 0.216 e. The summed E-state index contributed by atoms with van der Waals surface area (Å²) in [5.41, 5.74) is 1.61. The lowest BCUT2D eigenvalue weighted by atomic mass is 10.00. The number of carbonyl (C=O) groups is 1. The van der Waals surface area contributed by atoms with Crippen molar-refractivity contribution in [1.29, 1.82) is 0 Å². The summed E-state index contributed by atoms with van der Waals surface area (Å²) in [5.74, 6) is -0.953. The molecule has 2 rings (SSSR count). The van der Waals surface area contributed by atoms with E-state index in [9.17, 15) is 9.18 Å². The fourth-order valence-electron chi connectivity index (χ4n) is 1.75. The van der Waals surface area contributed by atoms with Gasteiger partial charge in [-0.15, -0.1) is 0 Å². The lowest BCUT2D eigenvalue weighted by Gasteiger charge is -2.06. The molecule has 0 unspecified atom stereocenters. The molecule has 1 heterocycles. The van der Waals surface area contributed by atoms with Gasteiger partial charge >= 0.3 is 0 Å². The van der Waals surface area contributed by atoms with Crippen molar-refractivity contribution in [3.8, 4) is 0 Å². The van der Waals surface area contributed by atoms with Gasteiger partial charge in [0.15, 0.2) is 0 Å². The van der Waals surface area contributed by atoms with Gasteiger partial charge in [-0.05, 0) is 31.0 Å². The zero-order valence-electron chi connectivity index (χ0n) is 9.57. The molecule has 0 amide bonds. The monoisotopic (exact) mass is 230 g/mol. The Bertz CT molecular complexity index is 544. The second-order valence-corrected chi connectivity index (χ2v) is 3.86. The molecular weight excluding hydrogens is 219 g/mol. The van der Waals surface area contributed by atoms with Gasteiger partial charge in [-0.2, -0.15) is 0 Å². The summed E-state index contributed by atoms with van der Waals surface area (Å²) in [5, 5.41) is 0. The molecule has 3 nitrogen and oxygen atoms in total. The van der Waals surface area contributed by atoms with Crippen LogP contribution in [0.4, 0.5) is 4.39 Å². The summed E-state index contributed by atoms with van der Waals surface area (Å²) in [6, 6.07) is 3.11. The van der Waals surface area contributed by atoms with Crippen molar-refractivity contribution < 1.29 is 9.18 Å². The minimum absolute atomic E-state index is 0.0658. The van der Waals surface area contributed by atoms with E-state index >= 15 is 0 Å². The maximum absolute atomic E-state index is 13.8. The van der Waals surface area contributed by atoms with Crippen molar-refractivity contribution in [1.82, 2.24) is 9.97 Å². The SMILES string of the molecule is Cc1cc(C)c(C(=O)c2cnccn2)c(F)c1. The highest BCUT2D eigenvalue weighted by molar-refractivity contribution is 6.08. The Balaban J connectivity index is 2.52. The summed E-state index contributed by atoms with van der Waals surface area (Å²) >= 11 is 0. The summed E-state index contributed by atoms with van der Waals surface area (Å²) in [7, 11) is 0. The lowest BCUT2D eigenvalue weighted by Crippen LogP contribution is -2.09. The molecule has 2 aromatic rings. The quantitative estimate of drug-likeness (QED) is 0.744. The second kappa shape index (κ2) is 4.41. The van der Waals surface area contributed by atoms with Crippen LogP contribution < -0.4 is 0 Å². The highest BCUT2D eigenvalue weighted by Crippen LogP contribution is 2.18. The number of rotatable bonds is 2. The molecule has 0 saturated carbocycles. The Labute approximate surface area is 98.3 Å². The molecule has 0 spiro atoms. The van der Waals surface area contributed by atoms with Crippen LogP contribution in [-0.2, 0) is 0 Å². The van der Waals surface area contributed by atoms with E-state index < -0.39 is 11.6 Å². The molecule has 0 bridgehead atoms. The molecule has 4 heteroatoms. The summed E-state index contributed by atoms with van der Waals surface area (Å²) in [6.07, 6.45) is 4.21. The first-order valence-corrected chi connectivity index (χ1v) is 5.17. The van der Waals surface area contributed by atoms with Gasteiger partial charge in [-0.25, -0.2) is 9.37 Å². The normalized spacial score (nSPS) is 10.3. The van der Waals surface area contributed by atoms with E-state index in [4.69, 9.17) is 0 Å². The van der Waals surface area contributed by atoms with Crippen LogP contribution in [-0.4, -0.2) is 15.8 Å². The Kier molecular flexibility index (Phi) is 2.95. The van der Waals surface area contributed by atoms with Crippen molar-refractivity contribution in [2.45, 2.75) is 13.8 Å². The van der Waals surface area contributed by atoms with Crippen LogP contribution in [0.1, 0.15) is 27.2 Å². The number of ketones is 1. The largest absolute Gasteiger partial charge is 0.287 e. The number of hydrogen-bond acceptors (Lipinski definition) is 3. The van der Waals surface area contributed by atoms with E-state index in [0.29, 0.717) is 5.56 Å². The van der Waals surface area contributed by atoms with Crippen molar-refractivity contribution in [2.75, 3.05) is 0 Å². The Morgan fingerprint density at radius 2 is 2.00 bits per heavy atom. The first-order valence-electron chi connectivity index (χ1n) is 5.17. The highest BCUT2D eigenvalue weighted by Gasteiger charge is 2.18. The van der Waals surface area contributed by atoms with Crippen LogP contribution in [0.2, 0.25) is 0 Å². The van der Waals surface area contributed by atoms with Crippen LogP contribution in [0.25, 0.3) is 0 Å². The van der Waals surface area contributed by atoms with Crippen LogP contribution >= 0.6 is 0 Å². The molecule has 0 N–H and O–H groups in total. The van der Waals surface area contributed by atoms with Gasteiger partial charge in [0.05, 0.1) is 11.8 Å². The summed E-state index contributed by atoms with van der Waals surface area (Å²) in [6.45, 7) is 3.49. The van der Waals surface area contributed by atoms with Crippen molar-refractivity contribution in [3.63, 3.8) is 0 Å². The first kappa shape index (κ1) is 11.4. The van der Waals surface area contributed by atoms with Gasteiger partial charge in [0.1, 0.15) is 11.5 Å². The predicted octanol–water partition coefficient (Wildman–Crippen LogP) is 2.46. The molecule has 86 valence electrons. The number of aryl methyl sites for hydroxylation is 2. The number of hydrogen-bond donors (Lipinski definition) is 0. The van der Waals surface area contributed by atoms with Crippen LogP contribution in [0.15, 0.2) is 30.7 Å². The van der Waals surface area contributed by atoms with Gasteiger partial charge in [-0.3, -0.25) is 9.78 Å². The predicted molar refractivity (Wildman–Crippen MR) is 61.3 cm³/mol. The van der Waals surface area contributed by atoms with E-state index in [0.717, 1.165) is 5.56 Å². The van der Waals surface area contributed by atoms with E-state index in [2.05, 4.69) is 9.97 Å². The van der Waals surface area contributed by atoms with Crippen molar-refractivity contribution in [3.05, 3.63) is 58.9 Å². The second-order valence-electron chi connectivity index (χ2n) is 3.86. The molecule has 0 saturated heterocycles. The number of benzene rings is 1. The number of aromatic nitrogens is 2. The number of nitrogens with zero attached hydrogens (tertiary/aromatic N) is 2. The van der Waals surface area contributed by atoms with E-state index in [-0.39, 0.29) is 11.3 Å². The molecule has 0 atom stereocenters. The summed E-state index contributed by atoms with van der Waals surface area (Å²) < 4.78 is 13.8. The Morgan fingerprint density at radius 1 is 1.24 bits per heavy atom. The maximum atomic E-state index is 13.8. The third-order valence-electron chi connectivity index (χ3n) is 2.45. The van der Waals surface area contributed by atoms with E-state index in [1.165, 1.54) is 24.7 Å². The molecular formula is C13H11FN2O. The molecule has 1 aromatic carbocycles.